The summed E-state index contributed by atoms with van der Waals surface area (Å²) in [6, 6.07) is 15.2. The molecule has 0 saturated heterocycles. The molecule has 3 aromatic carbocycles. The monoisotopic (exact) mass is 535 g/mol. The van der Waals surface area contributed by atoms with Gasteiger partial charge in [-0.2, -0.15) is 0 Å². The van der Waals surface area contributed by atoms with Crippen molar-refractivity contribution < 1.29 is 0 Å². The summed E-state index contributed by atoms with van der Waals surface area (Å²) in [7, 11) is 1.78. The van der Waals surface area contributed by atoms with E-state index in [1.807, 2.05) is 35.2 Å². The third-order valence-corrected chi connectivity index (χ3v) is 6.79. The molecule has 33 heavy (non-hydrogen) atoms. The minimum absolute atomic E-state index is 0.220. The van der Waals surface area contributed by atoms with Crippen molar-refractivity contribution in [2.75, 3.05) is 18.5 Å². The van der Waals surface area contributed by atoms with Crippen molar-refractivity contribution in [3.05, 3.63) is 69.2 Å². The normalized spacial score (nSPS) is 11.0. The second kappa shape index (κ2) is 9.91. The van der Waals surface area contributed by atoms with Gasteiger partial charge in [0.15, 0.2) is 10.2 Å². The molecule has 0 spiro atoms. The predicted molar refractivity (Wildman–Crippen MR) is 150 cm³/mol. The highest BCUT2D eigenvalue weighted by atomic mass is 35.5. The van der Waals surface area contributed by atoms with Gasteiger partial charge >= 0.3 is 0 Å². The zero-order valence-corrected chi connectivity index (χ0v) is 21.4. The van der Waals surface area contributed by atoms with Gasteiger partial charge in [-0.3, -0.25) is 4.90 Å². The van der Waals surface area contributed by atoms with Gasteiger partial charge in [-0.15, -0.1) is 0 Å². The first-order valence-electron chi connectivity index (χ1n) is 10.0. The molecule has 0 aliphatic rings. The number of anilines is 2. The molecule has 5 nitrogen and oxygen atoms in total. The fourth-order valence-electron chi connectivity index (χ4n) is 3.77. The first-order valence-corrected chi connectivity index (χ1v) is 12.0. The van der Waals surface area contributed by atoms with E-state index in [1.54, 1.807) is 19.2 Å². The van der Waals surface area contributed by atoms with E-state index in [0.29, 0.717) is 33.1 Å². The average Bonchev–Trinajstić information content (AvgIpc) is 3.12. The number of aromatic amines is 1. The van der Waals surface area contributed by atoms with Crippen LogP contribution in [0.15, 0.2) is 48.5 Å². The SMILES string of the molecule is CNC(=S)NCCc1cc(N(C(N)=S)c2ccc(Cl)cc2)cc2c1[nH]c1cc(Cl)c(Cl)cc12. The molecular weight excluding hydrogens is 517 g/mol. The second-order valence-corrected chi connectivity index (χ2v) is 9.45. The Balaban J connectivity index is 1.90. The molecule has 170 valence electrons. The summed E-state index contributed by atoms with van der Waals surface area (Å²) in [5.41, 5.74) is 10.7. The van der Waals surface area contributed by atoms with E-state index in [9.17, 15) is 0 Å². The van der Waals surface area contributed by atoms with E-state index in [1.165, 1.54) is 0 Å². The molecule has 0 fully saturated rings. The van der Waals surface area contributed by atoms with Crippen LogP contribution in [0.2, 0.25) is 15.1 Å². The highest BCUT2D eigenvalue weighted by Crippen LogP contribution is 2.38. The first-order chi connectivity index (χ1) is 15.8. The Morgan fingerprint density at radius 3 is 2.33 bits per heavy atom. The van der Waals surface area contributed by atoms with E-state index < -0.39 is 0 Å². The lowest BCUT2D eigenvalue weighted by Crippen LogP contribution is -2.34. The lowest BCUT2D eigenvalue weighted by atomic mass is 10.0. The molecule has 0 bridgehead atoms. The van der Waals surface area contributed by atoms with Gasteiger partial charge in [-0.25, -0.2) is 0 Å². The van der Waals surface area contributed by atoms with Crippen molar-refractivity contribution in [3.63, 3.8) is 0 Å². The van der Waals surface area contributed by atoms with Gasteiger partial charge in [0.25, 0.3) is 0 Å². The number of hydrogen-bond acceptors (Lipinski definition) is 2. The Morgan fingerprint density at radius 1 is 0.970 bits per heavy atom. The lowest BCUT2D eigenvalue weighted by molar-refractivity contribution is 0.854. The first kappa shape index (κ1) is 23.9. The Kier molecular flexibility index (Phi) is 7.16. The summed E-state index contributed by atoms with van der Waals surface area (Å²) in [4.78, 5) is 5.31. The number of aromatic nitrogens is 1. The lowest BCUT2D eigenvalue weighted by Gasteiger charge is -2.24. The van der Waals surface area contributed by atoms with Gasteiger partial charge in [0.1, 0.15) is 0 Å². The summed E-state index contributed by atoms with van der Waals surface area (Å²) in [5, 5.41) is 10.5. The van der Waals surface area contributed by atoms with Gasteiger partial charge in [0.05, 0.1) is 10.0 Å². The molecule has 1 heterocycles. The van der Waals surface area contributed by atoms with Gasteiger partial charge in [-0.1, -0.05) is 34.8 Å². The second-order valence-electron chi connectivity index (χ2n) is 7.37. The molecule has 1 aromatic heterocycles. The van der Waals surface area contributed by atoms with Crippen molar-refractivity contribution >= 4 is 103 Å². The van der Waals surface area contributed by atoms with Crippen molar-refractivity contribution in [1.82, 2.24) is 15.6 Å². The molecule has 0 unspecified atom stereocenters. The summed E-state index contributed by atoms with van der Waals surface area (Å²) in [6.07, 6.45) is 0.701. The number of hydrogen-bond donors (Lipinski definition) is 4. The maximum atomic E-state index is 6.34. The molecule has 0 atom stereocenters. The van der Waals surface area contributed by atoms with Crippen LogP contribution in [0.25, 0.3) is 21.8 Å². The molecular formula is C23H20Cl3N5S2. The zero-order valence-electron chi connectivity index (χ0n) is 17.5. The largest absolute Gasteiger partial charge is 0.376 e. The standard InChI is InChI=1S/C23H20Cl3N5S2/c1-28-23(33)29-7-6-12-8-15(31(22(27)32)14-4-2-13(24)3-5-14)9-17-16-10-18(25)19(26)11-20(16)30-21(12)17/h2-5,8-11,30H,6-7H2,1H3,(H2,27,32)(H2,28,29,33). The Bertz CT molecular complexity index is 1370. The molecule has 0 aliphatic carbocycles. The number of benzene rings is 3. The Labute approximate surface area is 217 Å². The van der Waals surface area contributed by atoms with Crippen LogP contribution in [-0.2, 0) is 6.42 Å². The molecule has 5 N–H and O–H groups in total. The topological polar surface area (TPSA) is 69.1 Å². The minimum atomic E-state index is 0.220. The van der Waals surface area contributed by atoms with Crippen LogP contribution in [0.3, 0.4) is 0 Å². The maximum absolute atomic E-state index is 6.34. The third kappa shape index (κ3) is 4.98. The maximum Gasteiger partial charge on any atom is 0.175 e. The molecule has 10 heteroatoms. The van der Waals surface area contributed by atoms with E-state index >= 15 is 0 Å². The number of fused-ring (bicyclic) bond motifs is 3. The Hall–Kier alpha value is -2.29. The van der Waals surface area contributed by atoms with E-state index in [-0.39, 0.29) is 5.11 Å². The van der Waals surface area contributed by atoms with Gasteiger partial charge in [-0.05, 0) is 85.0 Å². The predicted octanol–water partition coefficient (Wildman–Crippen LogP) is 6.30. The molecule has 4 rings (SSSR count). The van der Waals surface area contributed by atoms with Crippen LogP contribution in [-0.4, -0.2) is 28.8 Å². The smallest absolute Gasteiger partial charge is 0.175 e. The van der Waals surface area contributed by atoms with Crippen molar-refractivity contribution in [2.45, 2.75) is 6.42 Å². The number of nitrogens with two attached hydrogens (primary N) is 1. The summed E-state index contributed by atoms with van der Waals surface area (Å²) >= 11 is 29.3. The third-order valence-electron chi connectivity index (χ3n) is 5.29. The van der Waals surface area contributed by atoms with Crippen LogP contribution >= 0.6 is 59.2 Å². The number of thiocarbonyl (C=S) groups is 2. The molecule has 0 amide bonds. The van der Waals surface area contributed by atoms with Crippen molar-refractivity contribution in [3.8, 4) is 0 Å². The number of H-pyrrole nitrogens is 1. The number of nitrogens with one attached hydrogen (secondary N) is 3. The highest BCUT2D eigenvalue weighted by molar-refractivity contribution is 7.80. The van der Waals surface area contributed by atoms with Crippen molar-refractivity contribution in [2.24, 2.45) is 5.73 Å². The fraction of sp³-hybridized carbons (Fsp3) is 0.130. The van der Waals surface area contributed by atoms with Crippen LogP contribution in [0, 0.1) is 0 Å². The van der Waals surface area contributed by atoms with Gasteiger partial charge < -0.3 is 21.4 Å². The zero-order chi connectivity index (χ0) is 23.7. The summed E-state index contributed by atoms with van der Waals surface area (Å²) in [5.74, 6) is 0. The summed E-state index contributed by atoms with van der Waals surface area (Å²) in [6.45, 7) is 0.642. The van der Waals surface area contributed by atoms with Gasteiger partial charge in [0, 0.05) is 51.8 Å². The highest BCUT2D eigenvalue weighted by Gasteiger charge is 2.18. The summed E-state index contributed by atoms with van der Waals surface area (Å²) < 4.78 is 0. The van der Waals surface area contributed by atoms with E-state index in [0.717, 1.165) is 38.7 Å². The van der Waals surface area contributed by atoms with E-state index in [4.69, 9.17) is 65.0 Å². The van der Waals surface area contributed by atoms with Crippen LogP contribution < -0.4 is 21.3 Å². The van der Waals surface area contributed by atoms with Crippen LogP contribution in [0.1, 0.15) is 5.56 Å². The van der Waals surface area contributed by atoms with Gasteiger partial charge in [0.2, 0.25) is 0 Å². The van der Waals surface area contributed by atoms with Crippen LogP contribution in [0.5, 0.6) is 0 Å². The number of rotatable bonds is 5. The minimum Gasteiger partial charge on any atom is -0.376 e. The molecule has 0 saturated carbocycles. The number of halogens is 3. The average molecular weight is 537 g/mol. The number of nitrogens with zero attached hydrogens (tertiary/aromatic N) is 1. The van der Waals surface area contributed by atoms with E-state index in [2.05, 4.69) is 21.7 Å². The molecule has 4 aromatic rings. The van der Waals surface area contributed by atoms with Crippen molar-refractivity contribution in [1.29, 1.82) is 0 Å². The molecule has 0 aliphatic heterocycles. The quantitative estimate of drug-likeness (QED) is 0.224. The molecule has 0 radical (unpaired) electrons. The Morgan fingerprint density at radius 2 is 1.67 bits per heavy atom. The fourth-order valence-corrected chi connectivity index (χ4v) is 4.54. The van der Waals surface area contributed by atoms with Crippen LogP contribution in [0.4, 0.5) is 11.4 Å².